The maximum absolute atomic E-state index is 14.1. The van der Waals surface area contributed by atoms with Crippen LogP contribution in [-0.4, -0.2) is 30.9 Å². The van der Waals surface area contributed by atoms with E-state index in [4.69, 9.17) is 30.5 Å². The van der Waals surface area contributed by atoms with Crippen LogP contribution in [0.2, 0.25) is 5.02 Å². The predicted molar refractivity (Wildman–Crippen MR) is 188 cm³/mol. The number of fused-ring (bicyclic) bond motifs is 1. The van der Waals surface area contributed by atoms with E-state index in [2.05, 4.69) is 50.2 Å². The Morgan fingerprint density at radius 2 is 1.75 bits per heavy atom. The molecule has 4 aromatic rings. The third kappa shape index (κ3) is 7.00. The van der Waals surface area contributed by atoms with Crippen LogP contribution in [-0.2, 0) is 16.1 Å². The summed E-state index contributed by atoms with van der Waals surface area (Å²) < 4.78 is 26.8. The maximum Gasteiger partial charge on any atom is 0.337 e. The topological polar surface area (TPSA) is 88.4 Å². The lowest BCUT2D eigenvalue weighted by Gasteiger charge is -2.23. The lowest BCUT2D eigenvalue weighted by Crippen LogP contribution is -2.39. The Labute approximate surface area is 290 Å². The molecule has 0 saturated heterocycles. The van der Waals surface area contributed by atoms with E-state index in [1.165, 1.54) is 29.2 Å². The molecule has 2 heterocycles. The summed E-state index contributed by atoms with van der Waals surface area (Å²) in [6.07, 6.45) is 3.28. The van der Waals surface area contributed by atoms with Gasteiger partial charge in [-0.15, -0.1) is 0 Å². The highest BCUT2D eigenvalue weighted by atomic mass is 127. The highest BCUT2D eigenvalue weighted by molar-refractivity contribution is 14.1. The number of methoxy groups -OCH3 is 1. The van der Waals surface area contributed by atoms with Crippen molar-refractivity contribution in [1.82, 2.24) is 4.57 Å². The SMILES string of the molecule is CCOc1ccc([C@@H]2C(C(=O)OC)=CN=c3s/c(=C/c4cc(I)cc(I)c4OCc4ccc(Cl)cc4)c(=O)n32)cc1OCC. The van der Waals surface area contributed by atoms with Gasteiger partial charge in [0.1, 0.15) is 12.4 Å². The lowest BCUT2D eigenvalue weighted by molar-refractivity contribution is -0.136. The van der Waals surface area contributed by atoms with Gasteiger partial charge in [-0.1, -0.05) is 41.1 Å². The Hall–Kier alpha value is -2.88. The largest absolute Gasteiger partial charge is 0.490 e. The van der Waals surface area contributed by atoms with Gasteiger partial charge in [-0.25, -0.2) is 9.79 Å². The summed E-state index contributed by atoms with van der Waals surface area (Å²) in [5.74, 6) is 1.18. The molecule has 0 radical (unpaired) electrons. The molecule has 0 bridgehead atoms. The molecule has 1 aromatic heterocycles. The van der Waals surface area contributed by atoms with Crippen molar-refractivity contribution in [3.8, 4) is 17.2 Å². The van der Waals surface area contributed by atoms with Crippen molar-refractivity contribution in [3.05, 3.63) is 115 Å². The number of halogens is 3. The molecule has 0 amide bonds. The molecule has 5 rings (SSSR count). The summed E-state index contributed by atoms with van der Waals surface area (Å²) >= 11 is 11.8. The van der Waals surface area contributed by atoms with Crippen LogP contribution in [0.5, 0.6) is 17.2 Å². The van der Waals surface area contributed by atoms with Crippen LogP contribution in [0.15, 0.2) is 76.2 Å². The van der Waals surface area contributed by atoms with E-state index in [-0.39, 0.29) is 11.1 Å². The molecule has 0 fully saturated rings. The number of carbonyl (C=O) groups excluding carboxylic acids is 1. The van der Waals surface area contributed by atoms with E-state index in [0.717, 1.165) is 18.3 Å². The molecule has 0 aliphatic carbocycles. The molecule has 0 saturated carbocycles. The Balaban J connectivity index is 1.62. The zero-order valence-electron chi connectivity index (χ0n) is 23.9. The van der Waals surface area contributed by atoms with Crippen molar-refractivity contribution < 1.29 is 23.7 Å². The summed E-state index contributed by atoms with van der Waals surface area (Å²) in [6, 6.07) is 16.1. The molecule has 3 aromatic carbocycles. The summed E-state index contributed by atoms with van der Waals surface area (Å²) in [4.78, 5) is 32.0. The first-order valence-corrected chi connectivity index (χ1v) is 16.9. The number of rotatable bonds is 10. The van der Waals surface area contributed by atoms with E-state index in [9.17, 15) is 9.59 Å². The van der Waals surface area contributed by atoms with Gasteiger partial charge in [0.15, 0.2) is 16.3 Å². The van der Waals surface area contributed by atoms with Crippen LogP contribution in [0.4, 0.5) is 0 Å². The summed E-state index contributed by atoms with van der Waals surface area (Å²) in [5, 5.41) is 0.654. The third-order valence-electron chi connectivity index (χ3n) is 6.63. The van der Waals surface area contributed by atoms with Gasteiger partial charge in [-0.3, -0.25) is 9.36 Å². The minimum absolute atomic E-state index is 0.230. The average molecular weight is 857 g/mol. The number of ether oxygens (including phenoxy) is 4. The maximum atomic E-state index is 14.1. The van der Waals surface area contributed by atoms with Crippen LogP contribution < -0.4 is 29.1 Å². The molecule has 0 unspecified atom stereocenters. The van der Waals surface area contributed by atoms with Crippen LogP contribution in [0.3, 0.4) is 0 Å². The number of hydrogen-bond acceptors (Lipinski definition) is 8. The summed E-state index contributed by atoms with van der Waals surface area (Å²) in [6.45, 7) is 4.99. The molecular weight excluding hydrogens is 830 g/mol. The van der Waals surface area contributed by atoms with Gasteiger partial charge in [-0.05, 0) is 113 Å². The molecule has 1 atom stereocenters. The number of hydrogen-bond donors (Lipinski definition) is 0. The van der Waals surface area contributed by atoms with Crippen molar-refractivity contribution in [1.29, 1.82) is 0 Å². The quantitative estimate of drug-likeness (QED) is 0.139. The summed E-state index contributed by atoms with van der Waals surface area (Å²) in [7, 11) is 1.30. The van der Waals surface area contributed by atoms with Gasteiger partial charge in [0.2, 0.25) is 0 Å². The molecular formula is C32H27ClI2N2O6S. The van der Waals surface area contributed by atoms with Gasteiger partial charge in [0.25, 0.3) is 5.56 Å². The van der Waals surface area contributed by atoms with Crippen LogP contribution in [0.25, 0.3) is 6.08 Å². The fourth-order valence-corrected chi connectivity index (χ4v) is 7.84. The number of nitrogens with zero attached hydrogens (tertiary/aromatic N) is 2. The number of aromatic nitrogens is 1. The highest BCUT2D eigenvalue weighted by Crippen LogP contribution is 2.35. The molecule has 1 aliphatic heterocycles. The second-order valence-corrected chi connectivity index (χ2v) is 13.3. The Morgan fingerprint density at radius 3 is 2.45 bits per heavy atom. The van der Waals surface area contributed by atoms with E-state index in [1.807, 2.05) is 62.4 Å². The standard InChI is InChI=1S/C32H27ClI2N2O6S/c1-4-41-25-11-8-19(13-26(25)42-5-2)28-23(31(39)40-3)16-36-32-37(28)30(38)27(44-32)14-20-12-22(34)15-24(35)29(20)43-17-18-6-9-21(33)10-7-18/h6-16,28H,4-5,17H2,1-3H3/b27-14+/t28-/m1/s1. The molecule has 228 valence electrons. The van der Waals surface area contributed by atoms with Crippen LogP contribution in [0, 0.1) is 7.14 Å². The zero-order valence-corrected chi connectivity index (χ0v) is 29.8. The van der Waals surface area contributed by atoms with Crippen molar-refractivity contribution >= 4 is 80.2 Å². The molecule has 0 N–H and O–H groups in total. The molecule has 44 heavy (non-hydrogen) atoms. The zero-order chi connectivity index (χ0) is 31.4. The second-order valence-electron chi connectivity index (χ2n) is 9.47. The van der Waals surface area contributed by atoms with Gasteiger partial charge < -0.3 is 18.9 Å². The van der Waals surface area contributed by atoms with Crippen molar-refractivity contribution in [2.24, 2.45) is 4.99 Å². The monoisotopic (exact) mass is 856 g/mol. The first-order valence-electron chi connectivity index (χ1n) is 13.6. The van der Waals surface area contributed by atoms with E-state index in [1.54, 1.807) is 12.1 Å². The van der Waals surface area contributed by atoms with E-state index < -0.39 is 12.0 Å². The van der Waals surface area contributed by atoms with E-state index >= 15 is 0 Å². The predicted octanol–water partition coefficient (Wildman–Crippen LogP) is 6.26. The van der Waals surface area contributed by atoms with Crippen molar-refractivity contribution in [2.45, 2.75) is 26.5 Å². The van der Waals surface area contributed by atoms with E-state index in [0.29, 0.717) is 57.0 Å². The second kappa shape index (κ2) is 14.5. The number of benzene rings is 3. The van der Waals surface area contributed by atoms with Crippen molar-refractivity contribution in [2.75, 3.05) is 20.3 Å². The average Bonchev–Trinajstić information content (AvgIpc) is 3.32. The molecule has 0 spiro atoms. The minimum Gasteiger partial charge on any atom is -0.490 e. The Kier molecular flexibility index (Phi) is 10.7. The number of thiazole rings is 1. The Morgan fingerprint density at radius 1 is 1.02 bits per heavy atom. The fraction of sp³-hybridized carbons (Fsp3) is 0.219. The minimum atomic E-state index is -0.785. The fourth-order valence-electron chi connectivity index (χ4n) is 4.70. The molecule has 8 nitrogen and oxygen atoms in total. The van der Waals surface area contributed by atoms with Gasteiger partial charge in [0, 0.05) is 20.4 Å². The normalized spacial score (nSPS) is 14.4. The van der Waals surface area contributed by atoms with Crippen molar-refractivity contribution in [3.63, 3.8) is 0 Å². The number of esters is 1. The Bertz CT molecular complexity index is 1920. The smallest absolute Gasteiger partial charge is 0.337 e. The molecule has 1 aliphatic rings. The van der Waals surface area contributed by atoms with Gasteiger partial charge in [-0.2, -0.15) is 0 Å². The first-order chi connectivity index (χ1) is 21.2. The first kappa shape index (κ1) is 32.5. The lowest BCUT2D eigenvalue weighted by atomic mass is 9.97. The van der Waals surface area contributed by atoms with Gasteiger partial charge >= 0.3 is 5.97 Å². The highest BCUT2D eigenvalue weighted by Gasteiger charge is 2.31. The van der Waals surface area contributed by atoms with Gasteiger partial charge in [0.05, 0.1) is 40.0 Å². The third-order valence-corrected chi connectivity index (χ3v) is 9.30. The number of carbonyl (C=O) groups is 1. The van der Waals surface area contributed by atoms with Crippen LogP contribution >= 0.6 is 68.1 Å². The summed E-state index contributed by atoms with van der Waals surface area (Å²) in [5.41, 5.74) is 2.31. The van der Waals surface area contributed by atoms with Crippen LogP contribution in [0.1, 0.15) is 36.6 Å². The molecule has 12 heteroatoms.